The zero-order chi connectivity index (χ0) is 21.8. The Morgan fingerprint density at radius 2 is 1.68 bits per heavy atom. The fourth-order valence-corrected chi connectivity index (χ4v) is 3.26. The van der Waals surface area contributed by atoms with E-state index in [1.54, 1.807) is 61.5 Å². The molecule has 3 aromatic carbocycles. The number of fused-ring (bicyclic) bond motifs is 1. The van der Waals surface area contributed by atoms with E-state index in [1.165, 1.54) is 4.57 Å². The van der Waals surface area contributed by atoms with E-state index in [4.69, 9.17) is 13.9 Å². The second-order valence-corrected chi connectivity index (χ2v) is 6.87. The summed E-state index contributed by atoms with van der Waals surface area (Å²) < 4.78 is 18.0. The highest BCUT2D eigenvalue weighted by atomic mass is 16.5. The molecule has 7 heteroatoms. The zero-order valence-corrected chi connectivity index (χ0v) is 17.2. The van der Waals surface area contributed by atoms with Crippen molar-refractivity contribution in [2.24, 2.45) is 0 Å². The predicted octanol–water partition coefficient (Wildman–Crippen LogP) is 4.99. The van der Waals surface area contributed by atoms with Gasteiger partial charge in [-0.1, -0.05) is 24.3 Å². The van der Waals surface area contributed by atoms with E-state index in [-0.39, 0.29) is 5.91 Å². The summed E-state index contributed by atoms with van der Waals surface area (Å²) in [4.78, 5) is 25.2. The average molecular weight is 418 g/mol. The molecule has 1 atom stereocenters. The van der Waals surface area contributed by atoms with E-state index < -0.39 is 11.8 Å². The van der Waals surface area contributed by atoms with Crippen molar-refractivity contribution in [2.45, 2.75) is 19.9 Å². The van der Waals surface area contributed by atoms with Crippen LogP contribution in [0.25, 0.3) is 11.1 Å². The number of ether oxygens (including phenoxy) is 2. The van der Waals surface area contributed by atoms with Gasteiger partial charge in [-0.2, -0.15) is 0 Å². The quantitative estimate of drug-likeness (QED) is 0.457. The Bertz CT molecular complexity index is 1260. The van der Waals surface area contributed by atoms with Crippen LogP contribution in [0.2, 0.25) is 0 Å². The number of hydrogen-bond acceptors (Lipinski definition) is 5. The van der Waals surface area contributed by atoms with Gasteiger partial charge in [-0.3, -0.25) is 9.36 Å². The number of anilines is 1. The summed E-state index contributed by atoms with van der Waals surface area (Å²) in [6, 6.07) is 20.6. The van der Waals surface area contributed by atoms with Crippen molar-refractivity contribution in [1.29, 1.82) is 0 Å². The first-order valence-electron chi connectivity index (χ1n) is 9.97. The first-order chi connectivity index (χ1) is 15.1. The van der Waals surface area contributed by atoms with Crippen molar-refractivity contribution in [3.63, 3.8) is 0 Å². The van der Waals surface area contributed by atoms with Gasteiger partial charge in [0.15, 0.2) is 11.3 Å². The maximum Gasteiger partial charge on any atom is 0.420 e. The van der Waals surface area contributed by atoms with Crippen molar-refractivity contribution in [2.75, 3.05) is 11.9 Å². The summed E-state index contributed by atoms with van der Waals surface area (Å²) in [5, 5.41) is 2.85. The normalized spacial score (nSPS) is 11.8. The second kappa shape index (κ2) is 8.79. The van der Waals surface area contributed by atoms with Gasteiger partial charge in [-0.25, -0.2) is 4.79 Å². The van der Waals surface area contributed by atoms with Crippen LogP contribution in [-0.4, -0.2) is 17.1 Å². The van der Waals surface area contributed by atoms with Gasteiger partial charge in [0.2, 0.25) is 5.91 Å². The Hall–Kier alpha value is -4.00. The highest BCUT2D eigenvalue weighted by molar-refractivity contribution is 5.95. The number of amides is 1. The van der Waals surface area contributed by atoms with E-state index in [0.29, 0.717) is 34.9 Å². The van der Waals surface area contributed by atoms with Gasteiger partial charge in [0.1, 0.15) is 17.5 Å². The smallest absolute Gasteiger partial charge is 0.420 e. The van der Waals surface area contributed by atoms with E-state index in [2.05, 4.69) is 5.32 Å². The molecule has 7 nitrogen and oxygen atoms in total. The molecule has 0 aliphatic carbocycles. The maximum atomic E-state index is 12.9. The minimum absolute atomic E-state index is 0.364. The van der Waals surface area contributed by atoms with Gasteiger partial charge >= 0.3 is 5.76 Å². The molecule has 158 valence electrons. The van der Waals surface area contributed by atoms with E-state index >= 15 is 0 Å². The summed E-state index contributed by atoms with van der Waals surface area (Å²) in [5.41, 5.74) is 1.49. The molecule has 0 saturated heterocycles. The molecule has 0 radical (unpaired) electrons. The van der Waals surface area contributed by atoms with E-state index in [9.17, 15) is 9.59 Å². The molecular weight excluding hydrogens is 396 g/mol. The number of hydrogen-bond donors (Lipinski definition) is 1. The fourth-order valence-electron chi connectivity index (χ4n) is 3.26. The number of benzene rings is 3. The van der Waals surface area contributed by atoms with Crippen LogP contribution in [0, 0.1) is 0 Å². The summed E-state index contributed by atoms with van der Waals surface area (Å²) in [6.45, 7) is 4.15. The van der Waals surface area contributed by atoms with E-state index in [1.807, 2.05) is 25.1 Å². The maximum absolute atomic E-state index is 12.9. The molecule has 1 unspecified atom stereocenters. The molecule has 31 heavy (non-hydrogen) atoms. The number of oxazole rings is 1. The molecular formula is C24H22N2O5. The van der Waals surface area contributed by atoms with Crippen LogP contribution in [0.4, 0.5) is 5.69 Å². The highest BCUT2D eigenvalue weighted by Crippen LogP contribution is 2.31. The van der Waals surface area contributed by atoms with Crippen molar-refractivity contribution in [1.82, 2.24) is 4.57 Å². The van der Waals surface area contributed by atoms with E-state index in [0.717, 1.165) is 5.75 Å². The lowest BCUT2D eigenvalue weighted by atomic mass is 10.2. The SMILES string of the molecule is CCOc1ccc(Oc2ccccc2NC(=O)C(C)n2c(=O)oc3ccccc32)cc1. The van der Waals surface area contributed by atoms with Gasteiger partial charge in [-0.15, -0.1) is 0 Å². The third-order valence-electron chi connectivity index (χ3n) is 4.79. The van der Waals surface area contributed by atoms with Crippen LogP contribution < -0.4 is 20.5 Å². The zero-order valence-electron chi connectivity index (χ0n) is 17.2. The first kappa shape index (κ1) is 20.3. The molecule has 1 N–H and O–H groups in total. The highest BCUT2D eigenvalue weighted by Gasteiger charge is 2.22. The van der Waals surface area contributed by atoms with Crippen molar-refractivity contribution < 1.29 is 18.7 Å². The van der Waals surface area contributed by atoms with Crippen LogP contribution in [0.3, 0.4) is 0 Å². The first-order valence-corrected chi connectivity index (χ1v) is 9.97. The van der Waals surface area contributed by atoms with Crippen molar-refractivity contribution >= 4 is 22.7 Å². The van der Waals surface area contributed by atoms with Gasteiger partial charge in [0.05, 0.1) is 17.8 Å². The Kier molecular flexibility index (Phi) is 5.75. The van der Waals surface area contributed by atoms with Crippen LogP contribution in [0.15, 0.2) is 82.0 Å². The number of rotatable bonds is 7. The number of aromatic nitrogens is 1. The number of carbonyl (C=O) groups excluding carboxylic acids is 1. The molecule has 1 heterocycles. The number of nitrogens with one attached hydrogen (secondary N) is 1. The Morgan fingerprint density at radius 1 is 1.00 bits per heavy atom. The Morgan fingerprint density at radius 3 is 2.45 bits per heavy atom. The Balaban J connectivity index is 1.55. The lowest BCUT2D eigenvalue weighted by Crippen LogP contribution is -2.29. The van der Waals surface area contributed by atoms with Gasteiger partial charge < -0.3 is 19.2 Å². The third kappa shape index (κ3) is 4.30. The number of carbonyl (C=O) groups is 1. The summed E-state index contributed by atoms with van der Waals surface area (Å²) in [7, 11) is 0. The monoisotopic (exact) mass is 418 g/mol. The van der Waals surface area contributed by atoms with Gasteiger partial charge in [0, 0.05) is 0 Å². The summed E-state index contributed by atoms with van der Waals surface area (Å²) >= 11 is 0. The molecule has 0 spiro atoms. The number of para-hydroxylation sites is 4. The largest absolute Gasteiger partial charge is 0.494 e. The van der Waals surface area contributed by atoms with Gasteiger partial charge in [0.25, 0.3) is 0 Å². The minimum atomic E-state index is -0.783. The van der Waals surface area contributed by atoms with Crippen molar-refractivity contribution in [3.8, 4) is 17.2 Å². The summed E-state index contributed by atoms with van der Waals surface area (Å²) in [6.07, 6.45) is 0. The van der Waals surface area contributed by atoms with Crippen LogP contribution in [0.5, 0.6) is 17.2 Å². The van der Waals surface area contributed by atoms with Crippen molar-refractivity contribution in [3.05, 3.63) is 83.3 Å². The number of nitrogens with zero attached hydrogens (tertiary/aromatic N) is 1. The topological polar surface area (TPSA) is 82.7 Å². The molecule has 0 saturated carbocycles. The van der Waals surface area contributed by atoms with Crippen LogP contribution in [-0.2, 0) is 4.79 Å². The van der Waals surface area contributed by atoms with Crippen LogP contribution >= 0.6 is 0 Å². The Labute approximate surface area is 178 Å². The van der Waals surface area contributed by atoms with Gasteiger partial charge in [-0.05, 0) is 62.4 Å². The minimum Gasteiger partial charge on any atom is -0.494 e. The third-order valence-corrected chi connectivity index (χ3v) is 4.79. The second-order valence-electron chi connectivity index (χ2n) is 6.87. The van der Waals surface area contributed by atoms with Crippen LogP contribution in [0.1, 0.15) is 19.9 Å². The standard InChI is InChI=1S/C24H22N2O5/c1-3-29-17-12-14-18(15-13-17)30-21-10-6-4-8-19(21)25-23(27)16(2)26-20-9-5-7-11-22(20)31-24(26)28/h4-16H,3H2,1-2H3,(H,25,27). The predicted molar refractivity (Wildman–Crippen MR) is 118 cm³/mol. The molecule has 1 aromatic heterocycles. The molecule has 0 aliphatic rings. The average Bonchev–Trinajstić information content (AvgIpc) is 3.11. The molecule has 1 amide bonds. The molecule has 0 bridgehead atoms. The molecule has 0 aliphatic heterocycles. The molecule has 0 fully saturated rings. The lowest BCUT2D eigenvalue weighted by molar-refractivity contribution is -0.118. The lowest BCUT2D eigenvalue weighted by Gasteiger charge is -2.16. The molecule has 4 aromatic rings. The fraction of sp³-hybridized carbons (Fsp3) is 0.167. The summed E-state index contributed by atoms with van der Waals surface area (Å²) in [5.74, 6) is 0.897. The molecule has 4 rings (SSSR count).